The SMILES string of the molecule is CC(NC(=O)CCC(N)c1ccccc1)c1ncc[nH]1. The largest absolute Gasteiger partial charge is 0.347 e. The normalized spacial score (nSPS) is 13.7. The number of aromatic nitrogens is 2. The van der Waals surface area contributed by atoms with Gasteiger partial charge in [-0.15, -0.1) is 0 Å². The Balaban J connectivity index is 1.78. The summed E-state index contributed by atoms with van der Waals surface area (Å²) in [5.41, 5.74) is 7.13. The molecule has 0 bridgehead atoms. The van der Waals surface area contributed by atoms with Gasteiger partial charge in [0.1, 0.15) is 5.82 Å². The Bertz CT molecular complexity index is 524. The fourth-order valence-corrected chi connectivity index (χ4v) is 2.05. The second-order valence-corrected chi connectivity index (χ2v) is 4.82. The molecule has 20 heavy (non-hydrogen) atoms. The number of nitrogens with one attached hydrogen (secondary N) is 2. The summed E-state index contributed by atoms with van der Waals surface area (Å²) in [6, 6.07) is 9.59. The maximum Gasteiger partial charge on any atom is 0.220 e. The predicted octanol–water partition coefficient (Wildman–Crippen LogP) is 2.07. The monoisotopic (exact) mass is 272 g/mol. The van der Waals surface area contributed by atoms with E-state index in [1.54, 1.807) is 12.4 Å². The van der Waals surface area contributed by atoms with Gasteiger partial charge in [0, 0.05) is 24.9 Å². The van der Waals surface area contributed by atoms with Crippen molar-refractivity contribution < 1.29 is 4.79 Å². The molecule has 5 heteroatoms. The van der Waals surface area contributed by atoms with Gasteiger partial charge >= 0.3 is 0 Å². The van der Waals surface area contributed by atoms with E-state index in [1.165, 1.54) is 0 Å². The second kappa shape index (κ2) is 6.86. The van der Waals surface area contributed by atoms with Crippen LogP contribution in [0.4, 0.5) is 0 Å². The number of carbonyl (C=O) groups is 1. The molecule has 0 saturated carbocycles. The molecular weight excluding hydrogens is 252 g/mol. The molecule has 1 aromatic heterocycles. The summed E-state index contributed by atoms with van der Waals surface area (Å²) in [5, 5.41) is 2.90. The van der Waals surface area contributed by atoms with Crippen LogP contribution >= 0.6 is 0 Å². The lowest BCUT2D eigenvalue weighted by molar-refractivity contribution is -0.122. The van der Waals surface area contributed by atoms with Gasteiger partial charge in [-0.2, -0.15) is 0 Å². The van der Waals surface area contributed by atoms with Crippen molar-refractivity contribution in [3.05, 3.63) is 54.1 Å². The van der Waals surface area contributed by atoms with Gasteiger partial charge < -0.3 is 16.0 Å². The summed E-state index contributed by atoms with van der Waals surface area (Å²) in [4.78, 5) is 19.0. The maximum atomic E-state index is 11.9. The molecule has 1 heterocycles. The molecule has 5 nitrogen and oxygen atoms in total. The maximum absolute atomic E-state index is 11.9. The third kappa shape index (κ3) is 3.93. The molecule has 1 amide bonds. The molecule has 2 atom stereocenters. The molecule has 0 spiro atoms. The van der Waals surface area contributed by atoms with Gasteiger partial charge in [-0.25, -0.2) is 4.98 Å². The van der Waals surface area contributed by atoms with Crippen LogP contribution in [0.3, 0.4) is 0 Å². The first-order chi connectivity index (χ1) is 9.66. The first kappa shape index (κ1) is 14.3. The molecule has 0 fully saturated rings. The van der Waals surface area contributed by atoms with E-state index < -0.39 is 0 Å². The second-order valence-electron chi connectivity index (χ2n) is 4.82. The lowest BCUT2D eigenvalue weighted by atomic mass is 10.0. The number of aromatic amines is 1. The average Bonchev–Trinajstić information content (AvgIpc) is 3.00. The average molecular weight is 272 g/mol. The molecule has 106 valence electrons. The molecular formula is C15H20N4O. The number of carbonyl (C=O) groups excluding carboxylic acids is 1. The van der Waals surface area contributed by atoms with Gasteiger partial charge in [-0.05, 0) is 18.9 Å². The van der Waals surface area contributed by atoms with E-state index >= 15 is 0 Å². The lowest BCUT2D eigenvalue weighted by Crippen LogP contribution is -2.28. The zero-order valence-corrected chi connectivity index (χ0v) is 11.5. The van der Waals surface area contributed by atoms with E-state index in [1.807, 2.05) is 37.3 Å². The van der Waals surface area contributed by atoms with Crippen molar-refractivity contribution in [2.45, 2.75) is 31.8 Å². The fraction of sp³-hybridized carbons (Fsp3) is 0.333. The van der Waals surface area contributed by atoms with Crippen LogP contribution in [0, 0.1) is 0 Å². The molecule has 0 aliphatic heterocycles. The number of rotatable bonds is 6. The van der Waals surface area contributed by atoms with Crippen molar-refractivity contribution in [3.63, 3.8) is 0 Å². The molecule has 2 rings (SSSR count). The van der Waals surface area contributed by atoms with Gasteiger partial charge in [0.25, 0.3) is 0 Å². The molecule has 4 N–H and O–H groups in total. The first-order valence-corrected chi connectivity index (χ1v) is 6.76. The van der Waals surface area contributed by atoms with Crippen LogP contribution in [0.2, 0.25) is 0 Å². The van der Waals surface area contributed by atoms with E-state index in [4.69, 9.17) is 5.73 Å². The number of nitrogens with zero attached hydrogens (tertiary/aromatic N) is 1. The van der Waals surface area contributed by atoms with Crippen molar-refractivity contribution >= 4 is 5.91 Å². The number of hydrogen-bond donors (Lipinski definition) is 3. The van der Waals surface area contributed by atoms with Gasteiger partial charge in [0.2, 0.25) is 5.91 Å². The van der Waals surface area contributed by atoms with Crippen LogP contribution in [0.5, 0.6) is 0 Å². The summed E-state index contributed by atoms with van der Waals surface area (Å²) >= 11 is 0. The van der Waals surface area contributed by atoms with E-state index in [2.05, 4.69) is 15.3 Å². The number of H-pyrrole nitrogens is 1. The van der Waals surface area contributed by atoms with Crippen LogP contribution in [0.1, 0.15) is 43.2 Å². The van der Waals surface area contributed by atoms with Gasteiger partial charge in [-0.3, -0.25) is 4.79 Å². The van der Waals surface area contributed by atoms with Crippen molar-refractivity contribution in [2.75, 3.05) is 0 Å². The molecule has 0 aliphatic carbocycles. The summed E-state index contributed by atoms with van der Waals surface area (Å²) in [5.74, 6) is 0.742. The van der Waals surface area contributed by atoms with Crippen LogP contribution < -0.4 is 11.1 Å². The van der Waals surface area contributed by atoms with Crippen LogP contribution in [-0.4, -0.2) is 15.9 Å². The zero-order valence-electron chi connectivity index (χ0n) is 11.5. The summed E-state index contributed by atoms with van der Waals surface area (Å²) in [7, 11) is 0. The number of benzene rings is 1. The Morgan fingerprint density at radius 1 is 1.40 bits per heavy atom. The number of nitrogens with two attached hydrogens (primary N) is 1. The quantitative estimate of drug-likeness (QED) is 0.752. The summed E-state index contributed by atoms with van der Waals surface area (Å²) < 4.78 is 0. The Morgan fingerprint density at radius 2 is 2.15 bits per heavy atom. The number of amides is 1. The highest BCUT2D eigenvalue weighted by Crippen LogP contribution is 2.15. The minimum atomic E-state index is -0.120. The van der Waals surface area contributed by atoms with Crippen molar-refractivity contribution in [2.24, 2.45) is 5.73 Å². The molecule has 1 aromatic carbocycles. The van der Waals surface area contributed by atoms with E-state index in [-0.39, 0.29) is 18.0 Å². The standard InChI is InChI=1S/C15H20N4O/c1-11(15-17-9-10-18-15)19-14(20)8-7-13(16)12-5-3-2-4-6-12/h2-6,9-11,13H,7-8,16H2,1H3,(H,17,18)(H,19,20). The van der Waals surface area contributed by atoms with Crippen LogP contribution in [-0.2, 0) is 4.79 Å². The van der Waals surface area contributed by atoms with Crippen molar-refractivity contribution in [1.82, 2.24) is 15.3 Å². The third-order valence-electron chi connectivity index (χ3n) is 3.22. The zero-order chi connectivity index (χ0) is 14.4. The predicted molar refractivity (Wildman–Crippen MR) is 77.7 cm³/mol. The number of hydrogen-bond acceptors (Lipinski definition) is 3. The first-order valence-electron chi connectivity index (χ1n) is 6.76. The summed E-state index contributed by atoms with van der Waals surface area (Å²) in [6.45, 7) is 1.90. The Kier molecular flexibility index (Phi) is 4.90. The Labute approximate surface area is 118 Å². The van der Waals surface area contributed by atoms with Crippen LogP contribution in [0.15, 0.2) is 42.7 Å². The fourth-order valence-electron chi connectivity index (χ4n) is 2.05. The molecule has 0 aliphatic rings. The topological polar surface area (TPSA) is 83.8 Å². The van der Waals surface area contributed by atoms with E-state index in [9.17, 15) is 4.79 Å². The van der Waals surface area contributed by atoms with Crippen LogP contribution in [0.25, 0.3) is 0 Å². The highest BCUT2D eigenvalue weighted by Gasteiger charge is 2.13. The van der Waals surface area contributed by atoms with E-state index in [0.717, 1.165) is 11.4 Å². The van der Waals surface area contributed by atoms with Gasteiger partial charge in [-0.1, -0.05) is 30.3 Å². The Morgan fingerprint density at radius 3 is 2.80 bits per heavy atom. The highest BCUT2D eigenvalue weighted by atomic mass is 16.1. The molecule has 2 unspecified atom stereocenters. The van der Waals surface area contributed by atoms with E-state index in [0.29, 0.717) is 12.8 Å². The minimum absolute atomic E-state index is 0.0136. The van der Waals surface area contributed by atoms with Crippen molar-refractivity contribution in [3.8, 4) is 0 Å². The molecule has 0 saturated heterocycles. The third-order valence-corrected chi connectivity index (χ3v) is 3.22. The molecule has 2 aromatic rings. The lowest BCUT2D eigenvalue weighted by Gasteiger charge is -2.14. The smallest absolute Gasteiger partial charge is 0.220 e. The number of imidazole rings is 1. The minimum Gasteiger partial charge on any atom is -0.347 e. The molecule has 0 radical (unpaired) electrons. The van der Waals surface area contributed by atoms with Gasteiger partial charge in [0.05, 0.1) is 6.04 Å². The van der Waals surface area contributed by atoms with Gasteiger partial charge in [0.15, 0.2) is 0 Å². The summed E-state index contributed by atoms with van der Waals surface area (Å²) in [6.07, 6.45) is 4.44. The highest BCUT2D eigenvalue weighted by molar-refractivity contribution is 5.76. The van der Waals surface area contributed by atoms with Crippen molar-refractivity contribution in [1.29, 1.82) is 0 Å². The Hall–Kier alpha value is -2.14.